The van der Waals surface area contributed by atoms with Gasteiger partial charge >= 0.3 is 0 Å². The van der Waals surface area contributed by atoms with Gasteiger partial charge in [-0.05, 0) is 43.7 Å². The van der Waals surface area contributed by atoms with Crippen LogP contribution < -0.4 is 5.32 Å². The predicted octanol–water partition coefficient (Wildman–Crippen LogP) is 3.95. The first-order valence-corrected chi connectivity index (χ1v) is 6.43. The molecule has 1 unspecified atom stereocenters. The van der Waals surface area contributed by atoms with E-state index in [1.165, 1.54) is 0 Å². The molecule has 1 atom stereocenters. The Labute approximate surface area is 112 Å². The van der Waals surface area contributed by atoms with Crippen LogP contribution in [0.5, 0.6) is 0 Å². The highest BCUT2D eigenvalue weighted by molar-refractivity contribution is 6.42. The monoisotopic (exact) mass is 271 g/mol. The van der Waals surface area contributed by atoms with Crippen LogP contribution in [0.15, 0.2) is 30.0 Å². The van der Waals surface area contributed by atoms with E-state index >= 15 is 0 Å². The number of allylic oxidation sites excluding steroid dienone is 1. The van der Waals surface area contributed by atoms with Crippen LogP contribution in [0.25, 0.3) is 0 Å². The van der Waals surface area contributed by atoms with E-state index in [1.54, 1.807) is 0 Å². The van der Waals surface area contributed by atoms with E-state index in [0.29, 0.717) is 10.0 Å². The predicted molar refractivity (Wildman–Crippen MR) is 71.5 cm³/mol. The Hall–Kier alpha value is -0.700. The number of nitrogens with one attached hydrogen (secondary N) is 1. The molecule has 0 aromatic heterocycles. The fourth-order valence-electron chi connectivity index (χ4n) is 1.94. The number of halogens is 2. The highest BCUT2D eigenvalue weighted by Gasteiger charge is 2.18. The number of hydrogen-bond acceptors (Lipinski definition) is 2. The highest BCUT2D eigenvalue weighted by atomic mass is 35.5. The molecule has 17 heavy (non-hydrogen) atoms. The lowest BCUT2D eigenvalue weighted by Gasteiger charge is -2.24. The van der Waals surface area contributed by atoms with Gasteiger partial charge in [-0.25, -0.2) is 0 Å². The maximum Gasteiger partial charge on any atom is 0.113 e. The molecule has 1 N–H and O–H groups in total. The molecule has 0 spiro atoms. The second kappa shape index (κ2) is 5.76. The molecule has 2 rings (SSSR count). The van der Waals surface area contributed by atoms with Crippen molar-refractivity contribution < 1.29 is 4.74 Å². The minimum absolute atomic E-state index is 0.0464. The molecule has 0 fully saturated rings. The van der Waals surface area contributed by atoms with Crippen LogP contribution in [0.4, 0.5) is 0 Å². The lowest BCUT2D eigenvalue weighted by atomic mass is 10.0. The molecule has 0 amide bonds. The van der Waals surface area contributed by atoms with Crippen LogP contribution >= 0.6 is 23.2 Å². The van der Waals surface area contributed by atoms with Gasteiger partial charge in [0, 0.05) is 0 Å². The number of ether oxygens (including phenoxy) is 1. The van der Waals surface area contributed by atoms with Crippen molar-refractivity contribution >= 4 is 23.2 Å². The van der Waals surface area contributed by atoms with Gasteiger partial charge in [0.25, 0.3) is 0 Å². The van der Waals surface area contributed by atoms with Crippen LogP contribution in [0.2, 0.25) is 10.0 Å². The Kier molecular flexibility index (Phi) is 4.32. The largest absolute Gasteiger partial charge is 0.496 e. The number of hydrogen-bond donors (Lipinski definition) is 1. The zero-order chi connectivity index (χ0) is 12.3. The molecule has 0 saturated carbocycles. The Morgan fingerprint density at radius 2 is 2.12 bits per heavy atom. The van der Waals surface area contributed by atoms with Crippen LogP contribution in [0.3, 0.4) is 0 Å². The SMILES string of the molecule is CNC(C1=CCCCO1)c1ccc(Cl)c(Cl)c1. The summed E-state index contributed by atoms with van der Waals surface area (Å²) in [7, 11) is 1.91. The van der Waals surface area contributed by atoms with E-state index in [1.807, 2.05) is 25.2 Å². The van der Waals surface area contributed by atoms with Gasteiger partial charge in [0.2, 0.25) is 0 Å². The van der Waals surface area contributed by atoms with E-state index in [4.69, 9.17) is 27.9 Å². The molecule has 1 aliphatic heterocycles. The zero-order valence-electron chi connectivity index (χ0n) is 9.67. The van der Waals surface area contributed by atoms with Crippen molar-refractivity contribution in [2.75, 3.05) is 13.7 Å². The van der Waals surface area contributed by atoms with E-state index < -0.39 is 0 Å². The smallest absolute Gasteiger partial charge is 0.113 e. The molecule has 1 aromatic carbocycles. The van der Waals surface area contributed by atoms with Gasteiger partial charge in [0.05, 0.1) is 22.7 Å². The molecule has 0 bridgehead atoms. The Balaban J connectivity index is 2.28. The molecular weight excluding hydrogens is 257 g/mol. The molecule has 1 aliphatic rings. The first-order chi connectivity index (χ1) is 8.22. The summed E-state index contributed by atoms with van der Waals surface area (Å²) in [5, 5.41) is 4.38. The molecule has 4 heteroatoms. The normalized spacial score (nSPS) is 17.2. The second-order valence-electron chi connectivity index (χ2n) is 3.99. The van der Waals surface area contributed by atoms with E-state index in [-0.39, 0.29) is 6.04 Å². The number of benzene rings is 1. The van der Waals surface area contributed by atoms with Gasteiger partial charge in [-0.3, -0.25) is 0 Å². The third-order valence-corrected chi connectivity index (χ3v) is 3.55. The quantitative estimate of drug-likeness (QED) is 0.899. The number of likely N-dealkylation sites (N-methyl/N-ethyl adjacent to an activating group) is 1. The first-order valence-electron chi connectivity index (χ1n) is 5.67. The van der Waals surface area contributed by atoms with Gasteiger partial charge in [-0.1, -0.05) is 29.3 Å². The lowest BCUT2D eigenvalue weighted by Crippen LogP contribution is -2.22. The molecule has 0 saturated heterocycles. The summed E-state index contributed by atoms with van der Waals surface area (Å²) in [6, 6.07) is 5.70. The van der Waals surface area contributed by atoms with Crippen molar-refractivity contribution in [2.45, 2.75) is 18.9 Å². The molecular formula is C13H15Cl2NO. The Morgan fingerprint density at radius 1 is 1.29 bits per heavy atom. The third kappa shape index (κ3) is 2.95. The summed E-state index contributed by atoms with van der Waals surface area (Å²) in [5.41, 5.74) is 1.06. The fourth-order valence-corrected chi connectivity index (χ4v) is 2.25. The van der Waals surface area contributed by atoms with E-state index in [0.717, 1.165) is 30.8 Å². The van der Waals surface area contributed by atoms with Crippen molar-refractivity contribution in [2.24, 2.45) is 0 Å². The van der Waals surface area contributed by atoms with Gasteiger partial charge in [0.15, 0.2) is 0 Å². The Bertz CT molecular complexity index is 431. The topological polar surface area (TPSA) is 21.3 Å². The molecule has 1 heterocycles. The zero-order valence-corrected chi connectivity index (χ0v) is 11.2. The highest BCUT2D eigenvalue weighted by Crippen LogP contribution is 2.30. The third-order valence-electron chi connectivity index (χ3n) is 2.81. The van der Waals surface area contributed by atoms with Crippen molar-refractivity contribution in [3.63, 3.8) is 0 Å². The van der Waals surface area contributed by atoms with Crippen LogP contribution in [0, 0.1) is 0 Å². The van der Waals surface area contributed by atoms with Gasteiger partial charge in [-0.15, -0.1) is 0 Å². The van der Waals surface area contributed by atoms with Gasteiger partial charge in [-0.2, -0.15) is 0 Å². The summed E-state index contributed by atoms with van der Waals surface area (Å²) < 4.78 is 5.68. The second-order valence-corrected chi connectivity index (χ2v) is 4.81. The number of rotatable bonds is 3. The molecule has 2 nitrogen and oxygen atoms in total. The van der Waals surface area contributed by atoms with E-state index in [2.05, 4.69) is 11.4 Å². The molecule has 0 radical (unpaired) electrons. The van der Waals surface area contributed by atoms with Crippen molar-refractivity contribution in [1.29, 1.82) is 0 Å². The fraction of sp³-hybridized carbons (Fsp3) is 0.385. The maximum absolute atomic E-state index is 6.03. The first kappa shape index (κ1) is 12.7. The van der Waals surface area contributed by atoms with Crippen LogP contribution in [-0.2, 0) is 4.74 Å². The Morgan fingerprint density at radius 3 is 2.71 bits per heavy atom. The summed E-state index contributed by atoms with van der Waals surface area (Å²) >= 11 is 11.9. The van der Waals surface area contributed by atoms with Gasteiger partial charge < -0.3 is 10.1 Å². The van der Waals surface area contributed by atoms with Crippen LogP contribution in [-0.4, -0.2) is 13.7 Å². The van der Waals surface area contributed by atoms with Gasteiger partial charge in [0.1, 0.15) is 5.76 Å². The van der Waals surface area contributed by atoms with Crippen LogP contribution in [0.1, 0.15) is 24.4 Å². The standard InChI is InChI=1S/C13H15Cl2NO/c1-16-13(12-4-2-3-7-17-12)9-5-6-10(14)11(15)8-9/h4-6,8,13,16H,2-3,7H2,1H3. The summed E-state index contributed by atoms with van der Waals surface area (Å²) in [6.07, 6.45) is 4.28. The summed E-state index contributed by atoms with van der Waals surface area (Å²) in [6.45, 7) is 0.783. The minimum atomic E-state index is 0.0464. The average molecular weight is 272 g/mol. The molecule has 1 aromatic rings. The van der Waals surface area contributed by atoms with E-state index in [9.17, 15) is 0 Å². The lowest BCUT2D eigenvalue weighted by molar-refractivity contribution is 0.169. The molecule has 92 valence electrons. The average Bonchev–Trinajstić information content (AvgIpc) is 2.36. The maximum atomic E-state index is 6.03. The van der Waals surface area contributed by atoms with Crippen molar-refractivity contribution in [3.05, 3.63) is 45.6 Å². The van der Waals surface area contributed by atoms with Crippen molar-refractivity contribution in [1.82, 2.24) is 5.32 Å². The summed E-state index contributed by atoms with van der Waals surface area (Å²) in [5.74, 6) is 0.970. The minimum Gasteiger partial charge on any atom is -0.496 e. The summed E-state index contributed by atoms with van der Waals surface area (Å²) in [4.78, 5) is 0. The molecule has 0 aliphatic carbocycles. The van der Waals surface area contributed by atoms with Crippen molar-refractivity contribution in [3.8, 4) is 0 Å².